The number of carboxylic acids is 1. The highest BCUT2D eigenvalue weighted by molar-refractivity contribution is 5.94. The lowest BCUT2D eigenvalue weighted by Gasteiger charge is -2.23. The summed E-state index contributed by atoms with van der Waals surface area (Å²) < 4.78 is 0. The number of imidazole rings is 2. The van der Waals surface area contributed by atoms with Crippen molar-refractivity contribution < 1.29 is 24.3 Å². The topological polar surface area (TPSA) is 194 Å². The minimum absolute atomic E-state index is 0.00730. The lowest BCUT2D eigenvalue weighted by Crippen LogP contribution is -2.57. The van der Waals surface area contributed by atoms with Crippen molar-refractivity contribution in [2.45, 2.75) is 56.8 Å². The van der Waals surface area contributed by atoms with Crippen LogP contribution in [-0.2, 0) is 32.0 Å². The third kappa shape index (κ3) is 6.87. The summed E-state index contributed by atoms with van der Waals surface area (Å²) in [4.78, 5) is 63.0. The van der Waals surface area contributed by atoms with E-state index in [1.165, 1.54) is 32.0 Å². The molecule has 0 spiro atoms. The van der Waals surface area contributed by atoms with E-state index >= 15 is 0 Å². The first kappa shape index (κ1) is 23.9. The fourth-order valence-corrected chi connectivity index (χ4v) is 3.50. The number of aliphatic carboxylic acids is 1. The molecule has 13 heteroatoms. The zero-order valence-corrected chi connectivity index (χ0v) is 18.1. The van der Waals surface area contributed by atoms with Crippen LogP contribution in [0.4, 0.5) is 0 Å². The van der Waals surface area contributed by atoms with E-state index in [2.05, 4.69) is 41.2 Å². The normalized spacial score (nSPS) is 18.2. The maximum Gasteiger partial charge on any atom is 0.326 e. The summed E-state index contributed by atoms with van der Waals surface area (Å²) in [6.07, 6.45) is 7.44. The van der Waals surface area contributed by atoms with Crippen LogP contribution in [0, 0.1) is 0 Å². The molecule has 2 aromatic heterocycles. The number of aromatic nitrogens is 4. The number of hydrogen-bond donors (Lipinski definition) is 7. The third-order valence-electron chi connectivity index (χ3n) is 5.33. The minimum Gasteiger partial charge on any atom is -0.480 e. The van der Waals surface area contributed by atoms with Crippen LogP contribution >= 0.6 is 0 Å². The van der Waals surface area contributed by atoms with Crippen LogP contribution in [0.25, 0.3) is 0 Å². The fraction of sp³-hybridized carbons (Fsp3) is 0.500. The van der Waals surface area contributed by atoms with Crippen LogP contribution in [0.3, 0.4) is 0 Å². The van der Waals surface area contributed by atoms with E-state index in [4.69, 9.17) is 0 Å². The quantitative estimate of drug-likeness (QED) is 0.205. The van der Waals surface area contributed by atoms with Gasteiger partial charge in [-0.25, -0.2) is 14.8 Å². The third-order valence-corrected chi connectivity index (χ3v) is 5.33. The van der Waals surface area contributed by atoms with Gasteiger partial charge in [-0.15, -0.1) is 0 Å². The van der Waals surface area contributed by atoms with Gasteiger partial charge in [-0.2, -0.15) is 0 Å². The zero-order chi connectivity index (χ0) is 23.8. The number of rotatable bonds is 11. The Bertz CT molecular complexity index is 940. The van der Waals surface area contributed by atoms with E-state index in [1.807, 2.05) is 0 Å². The fourth-order valence-electron chi connectivity index (χ4n) is 3.50. The van der Waals surface area contributed by atoms with E-state index in [0.29, 0.717) is 17.8 Å². The number of nitrogens with one attached hydrogen (secondary N) is 6. The molecule has 178 valence electrons. The second kappa shape index (κ2) is 11.2. The Labute approximate surface area is 189 Å². The van der Waals surface area contributed by atoms with Crippen molar-refractivity contribution in [3.05, 3.63) is 36.4 Å². The Morgan fingerprint density at radius 1 is 1.00 bits per heavy atom. The molecule has 1 fully saturated rings. The van der Waals surface area contributed by atoms with Gasteiger partial charge >= 0.3 is 5.97 Å². The summed E-state index contributed by atoms with van der Waals surface area (Å²) in [5.74, 6) is -2.76. The predicted octanol–water partition coefficient (Wildman–Crippen LogP) is -1.77. The number of hydrogen-bond acceptors (Lipinski definition) is 7. The molecule has 0 bridgehead atoms. The van der Waals surface area contributed by atoms with Crippen LogP contribution < -0.4 is 21.3 Å². The molecule has 33 heavy (non-hydrogen) atoms. The highest BCUT2D eigenvalue weighted by atomic mass is 16.4. The number of aromatic amines is 2. The van der Waals surface area contributed by atoms with E-state index in [1.54, 1.807) is 0 Å². The van der Waals surface area contributed by atoms with Gasteiger partial charge in [-0.1, -0.05) is 0 Å². The van der Waals surface area contributed by atoms with Crippen molar-refractivity contribution in [2.75, 3.05) is 6.54 Å². The lowest BCUT2D eigenvalue weighted by molar-refractivity contribution is -0.142. The number of H-pyrrole nitrogens is 2. The molecule has 3 amide bonds. The van der Waals surface area contributed by atoms with Gasteiger partial charge < -0.3 is 36.3 Å². The van der Waals surface area contributed by atoms with Gasteiger partial charge in [0.1, 0.15) is 18.1 Å². The van der Waals surface area contributed by atoms with Gasteiger partial charge in [0.05, 0.1) is 18.7 Å². The summed E-state index contributed by atoms with van der Waals surface area (Å²) >= 11 is 0. The van der Waals surface area contributed by atoms with Crippen LogP contribution in [0.1, 0.15) is 31.2 Å². The van der Waals surface area contributed by atoms with E-state index in [9.17, 15) is 24.3 Å². The van der Waals surface area contributed by atoms with Crippen LogP contribution in [0.5, 0.6) is 0 Å². The monoisotopic (exact) mass is 460 g/mol. The summed E-state index contributed by atoms with van der Waals surface area (Å²) in [6.45, 7) is 2.26. The van der Waals surface area contributed by atoms with Gasteiger partial charge in [-0.05, 0) is 26.3 Å². The first-order valence-corrected chi connectivity index (χ1v) is 10.6. The van der Waals surface area contributed by atoms with Gasteiger partial charge in [-0.3, -0.25) is 14.4 Å². The summed E-state index contributed by atoms with van der Waals surface area (Å²) in [6, 6.07) is -3.56. The number of amides is 3. The Balaban J connectivity index is 1.65. The highest BCUT2D eigenvalue weighted by Gasteiger charge is 2.30. The second-order valence-electron chi connectivity index (χ2n) is 7.90. The molecule has 1 saturated heterocycles. The second-order valence-corrected chi connectivity index (χ2v) is 7.90. The van der Waals surface area contributed by atoms with Crippen molar-refractivity contribution in [1.82, 2.24) is 41.2 Å². The summed E-state index contributed by atoms with van der Waals surface area (Å²) in [5.41, 5.74) is 1.11. The van der Waals surface area contributed by atoms with Crippen LogP contribution in [0.2, 0.25) is 0 Å². The molecular weight excluding hydrogens is 432 g/mol. The lowest BCUT2D eigenvalue weighted by atomic mass is 10.1. The number of carbonyl (C=O) groups excluding carboxylic acids is 3. The molecule has 0 saturated carbocycles. The van der Waals surface area contributed by atoms with E-state index in [-0.39, 0.29) is 24.8 Å². The standard InChI is InChI=1S/C20H28N8O5/c1-11(26-18(30)14-3-2-4-23-14)17(29)27-15(5-12-7-21-9-24-12)19(31)28-16(20(32)33)6-13-8-22-10-25-13/h7-11,14-16,23H,2-6H2,1H3,(H,21,24)(H,22,25)(H,26,30)(H,27,29)(H,28,31)(H,32,33). The maximum absolute atomic E-state index is 13.0. The Kier molecular flexibility index (Phi) is 8.13. The molecule has 3 rings (SSSR count). The molecule has 4 atom stereocenters. The molecule has 2 aromatic rings. The van der Waals surface area contributed by atoms with E-state index < -0.39 is 35.9 Å². The molecule has 13 nitrogen and oxygen atoms in total. The van der Waals surface area contributed by atoms with Crippen molar-refractivity contribution >= 4 is 23.7 Å². The average molecular weight is 460 g/mol. The summed E-state index contributed by atoms with van der Waals surface area (Å²) in [5, 5.41) is 20.3. The molecule has 3 heterocycles. The van der Waals surface area contributed by atoms with Crippen molar-refractivity contribution in [3.8, 4) is 0 Å². The minimum atomic E-state index is -1.23. The summed E-state index contributed by atoms with van der Waals surface area (Å²) in [7, 11) is 0. The van der Waals surface area contributed by atoms with Crippen molar-refractivity contribution in [2.24, 2.45) is 0 Å². The molecule has 1 aliphatic rings. The van der Waals surface area contributed by atoms with Gasteiger partial charge in [0.15, 0.2) is 0 Å². The van der Waals surface area contributed by atoms with Crippen molar-refractivity contribution in [3.63, 3.8) is 0 Å². The predicted molar refractivity (Wildman–Crippen MR) is 115 cm³/mol. The molecule has 0 radical (unpaired) electrons. The van der Waals surface area contributed by atoms with Gasteiger partial charge in [0.25, 0.3) is 0 Å². The highest BCUT2D eigenvalue weighted by Crippen LogP contribution is 2.06. The van der Waals surface area contributed by atoms with Crippen molar-refractivity contribution in [1.29, 1.82) is 0 Å². The molecular formula is C20H28N8O5. The van der Waals surface area contributed by atoms with Crippen LogP contribution in [0.15, 0.2) is 25.0 Å². The smallest absolute Gasteiger partial charge is 0.326 e. The zero-order valence-electron chi connectivity index (χ0n) is 18.1. The number of nitrogens with zero attached hydrogens (tertiary/aromatic N) is 2. The molecule has 0 aliphatic carbocycles. The largest absolute Gasteiger partial charge is 0.480 e. The van der Waals surface area contributed by atoms with Gasteiger partial charge in [0.2, 0.25) is 17.7 Å². The molecule has 4 unspecified atom stereocenters. The molecule has 7 N–H and O–H groups in total. The molecule has 0 aromatic carbocycles. The number of carboxylic acid groups (broad SMARTS) is 1. The maximum atomic E-state index is 13.0. The number of carbonyl (C=O) groups is 4. The average Bonchev–Trinajstić information content (AvgIpc) is 3.56. The molecule has 1 aliphatic heterocycles. The van der Waals surface area contributed by atoms with Crippen LogP contribution in [-0.4, -0.2) is 79.4 Å². The first-order valence-electron chi connectivity index (χ1n) is 10.6. The Hall–Kier alpha value is -3.74. The first-order chi connectivity index (χ1) is 15.8. The Morgan fingerprint density at radius 3 is 2.12 bits per heavy atom. The Morgan fingerprint density at radius 2 is 1.61 bits per heavy atom. The SMILES string of the molecule is CC(NC(=O)C1CCCN1)C(=O)NC(Cc1cnc[nH]1)C(=O)NC(Cc1cnc[nH]1)C(=O)O. The van der Waals surface area contributed by atoms with Gasteiger partial charge in [0, 0.05) is 36.6 Å². The van der Waals surface area contributed by atoms with E-state index in [0.717, 1.165) is 13.0 Å².